The smallest absolute Gasteiger partial charge is 0.115 e. The molecule has 0 heterocycles. The molecule has 4 nitrogen and oxygen atoms in total. The lowest BCUT2D eigenvalue weighted by atomic mass is 9.60. The third kappa shape index (κ3) is 4.72. The lowest BCUT2D eigenvalue weighted by molar-refractivity contribution is 0.280. The van der Waals surface area contributed by atoms with Gasteiger partial charge in [-0.15, -0.1) is 0 Å². The summed E-state index contributed by atoms with van der Waals surface area (Å²) in [4.78, 5) is 0. The summed E-state index contributed by atoms with van der Waals surface area (Å²) in [7, 11) is 0. The third-order valence-electron chi connectivity index (χ3n) is 9.60. The Balaban J connectivity index is 1.27. The summed E-state index contributed by atoms with van der Waals surface area (Å²) < 4.78 is 0. The van der Waals surface area contributed by atoms with Crippen LogP contribution >= 0.6 is 0 Å². The molecule has 4 N–H and O–H groups in total. The van der Waals surface area contributed by atoms with E-state index in [9.17, 15) is 20.4 Å². The van der Waals surface area contributed by atoms with Gasteiger partial charge in [-0.25, -0.2) is 0 Å². The fraction of sp³-hybridized carbons (Fsp3) is 0.278. The average molecular weight is 533 g/mol. The Kier molecular flexibility index (Phi) is 6.79. The van der Waals surface area contributed by atoms with Gasteiger partial charge in [0.15, 0.2) is 0 Å². The Morgan fingerprint density at radius 3 is 1.12 bits per heavy atom. The lowest BCUT2D eigenvalue weighted by Crippen LogP contribution is -2.35. The molecule has 0 radical (unpaired) electrons. The molecule has 0 saturated heterocycles. The largest absolute Gasteiger partial charge is 0.508 e. The Hall–Kier alpha value is -4.18. The van der Waals surface area contributed by atoms with Gasteiger partial charge in [0, 0.05) is 10.8 Å². The highest BCUT2D eigenvalue weighted by Crippen LogP contribution is 2.52. The number of benzene rings is 4. The second kappa shape index (κ2) is 10.4. The van der Waals surface area contributed by atoms with Crippen LogP contribution in [0.25, 0.3) is 0 Å². The molecule has 204 valence electrons. The van der Waals surface area contributed by atoms with Gasteiger partial charge in [-0.3, -0.25) is 0 Å². The van der Waals surface area contributed by atoms with Gasteiger partial charge >= 0.3 is 0 Å². The zero-order chi connectivity index (χ0) is 27.7. The molecule has 0 aromatic heterocycles. The van der Waals surface area contributed by atoms with E-state index in [2.05, 4.69) is 6.08 Å². The first kappa shape index (κ1) is 26.1. The van der Waals surface area contributed by atoms with Crippen LogP contribution in [-0.2, 0) is 10.8 Å². The summed E-state index contributed by atoms with van der Waals surface area (Å²) in [5.41, 5.74) is 6.01. The molecule has 4 aromatic carbocycles. The first-order valence-corrected chi connectivity index (χ1v) is 14.2. The van der Waals surface area contributed by atoms with Crippen LogP contribution in [0.4, 0.5) is 0 Å². The van der Waals surface area contributed by atoms with E-state index in [0.29, 0.717) is 5.92 Å². The van der Waals surface area contributed by atoms with Crippen molar-refractivity contribution >= 4 is 0 Å². The maximum atomic E-state index is 9.93. The quantitative estimate of drug-likeness (QED) is 0.196. The predicted octanol–water partition coefficient (Wildman–Crippen LogP) is 8.08. The second-order valence-electron chi connectivity index (χ2n) is 11.6. The summed E-state index contributed by atoms with van der Waals surface area (Å²) in [5, 5.41) is 39.7. The van der Waals surface area contributed by atoms with E-state index in [0.717, 1.165) is 44.9 Å². The topological polar surface area (TPSA) is 80.9 Å². The second-order valence-corrected chi connectivity index (χ2v) is 11.6. The molecule has 0 atom stereocenters. The molecule has 4 heteroatoms. The van der Waals surface area contributed by atoms with E-state index >= 15 is 0 Å². The minimum absolute atomic E-state index is 0.144. The van der Waals surface area contributed by atoms with Crippen LogP contribution in [0.15, 0.2) is 109 Å². The van der Waals surface area contributed by atoms with Gasteiger partial charge in [0.25, 0.3) is 0 Å². The molecule has 6 rings (SSSR count). The zero-order valence-electron chi connectivity index (χ0n) is 22.6. The first-order chi connectivity index (χ1) is 19.4. The molecule has 0 bridgehead atoms. The Labute approximate surface area is 235 Å². The van der Waals surface area contributed by atoms with Crippen molar-refractivity contribution < 1.29 is 20.4 Å². The van der Waals surface area contributed by atoms with Crippen LogP contribution in [0.2, 0.25) is 0 Å². The van der Waals surface area contributed by atoms with Gasteiger partial charge in [0.05, 0.1) is 0 Å². The SMILES string of the molecule is Oc1ccc(C2(c3ccc(O)cc3)CC=C(C3CCC(c4ccc(O)cc4)(c4ccc(O)cc4)CC3)CC2)cc1. The maximum Gasteiger partial charge on any atom is 0.115 e. The number of aromatic hydroxyl groups is 4. The number of rotatable bonds is 5. The molecular formula is C36H36O4. The molecule has 2 aliphatic rings. The molecule has 4 aromatic rings. The zero-order valence-corrected chi connectivity index (χ0v) is 22.6. The van der Waals surface area contributed by atoms with Gasteiger partial charge in [-0.2, -0.15) is 0 Å². The van der Waals surface area contributed by atoms with Gasteiger partial charge < -0.3 is 20.4 Å². The summed E-state index contributed by atoms with van der Waals surface area (Å²) in [6.07, 6.45) is 9.51. The molecule has 0 unspecified atom stereocenters. The molecule has 1 saturated carbocycles. The Morgan fingerprint density at radius 2 is 0.800 bits per heavy atom. The highest BCUT2D eigenvalue weighted by molar-refractivity contribution is 5.46. The normalized spacial score (nSPS) is 18.6. The van der Waals surface area contributed by atoms with E-state index in [1.807, 2.05) is 48.5 Å². The van der Waals surface area contributed by atoms with E-state index in [1.54, 1.807) is 48.5 Å². The summed E-state index contributed by atoms with van der Waals surface area (Å²) >= 11 is 0. The van der Waals surface area contributed by atoms with Crippen molar-refractivity contribution in [2.24, 2.45) is 5.92 Å². The van der Waals surface area contributed by atoms with Gasteiger partial charge in [-0.1, -0.05) is 60.2 Å². The van der Waals surface area contributed by atoms with Crippen molar-refractivity contribution in [3.05, 3.63) is 131 Å². The average Bonchev–Trinajstić information content (AvgIpc) is 2.99. The highest BCUT2D eigenvalue weighted by Gasteiger charge is 2.41. The van der Waals surface area contributed by atoms with Gasteiger partial charge in [0.2, 0.25) is 0 Å². The van der Waals surface area contributed by atoms with Gasteiger partial charge in [0.1, 0.15) is 23.0 Å². The van der Waals surface area contributed by atoms with Crippen molar-refractivity contribution in [1.82, 2.24) is 0 Å². The predicted molar refractivity (Wildman–Crippen MR) is 158 cm³/mol. The van der Waals surface area contributed by atoms with Crippen LogP contribution in [0.5, 0.6) is 23.0 Å². The summed E-state index contributed by atoms with van der Waals surface area (Å²) in [6, 6.07) is 30.5. The summed E-state index contributed by atoms with van der Waals surface area (Å²) in [5.74, 6) is 1.61. The van der Waals surface area contributed by atoms with Crippen LogP contribution in [-0.4, -0.2) is 20.4 Å². The van der Waals surface area contributed by atoms with Crippen molar-refractivity contribution in [2.75, 3.05) is 0 Å². The molecular weight excluding hydrogens is 496 g/mol. The molecule has 2 aliphatic carbocycles. The number of allylic oxidation sites excluding steroid dienone is 2. The molecule has 0 amide bonds. The fourth-order valence-corrected chi connectivity index (χ4v) is 7.28. The fourth-order valence-electron chi connectivity index (χ4n) is 7.28. The molecule has 1 fully saturated rings. The number of phenols is 4. The highest BCUT2D eigenvalue weighted by atomic mass is 16.3. The van der Waals surface area contributed by atoms with Crippen LogP contribution in [0, 0.1) is 5.92 Å². The third-order valence-corrected chi connectivity index (χ3v) is 9.60. The van der Waals surface area contributed by atoms with E-state index < -0.39 is 0 Å². The number of hydrogen-bond acceptors (Lipinski definition) is 4. The number of phenolic OH excluding ortho intramolecular Hbond substituents is 4. The van der Waals surface area contributed by atoms with Crippen LogP contribution in [0.3, 0.4) is 0 Å². The molecule has 40 heavy (non-hydrogen) atoms. The van der Waals surface area contributed by atoms with Crippen molar-refractivity contribution in [3.63, 3.8) is 0 Å². The van der Waals surface area contributed by atoms with E-state index in [1.165, 1.54) is 27.8 Å². The minimum Gasteiger partial charge on any atom is -0.508 e. The van der Waals surface area contributed by atoms with Crippen molar-refractivity contribution in [3.8, 4) is 23.0 Å². The van der Waals surface area contributed by atoms with Crippen LogP contribution < -0.4 is 0 Å². The minimum atomic E-state index is -0.193. The Morgan fingerprint density at radius 1 is 0.450 bits per heavy atom. The monoisotopic (exact) mass is 532 g/mol. The number of hydrogen-bond donors (Lipinski definition) is 4. The van der Waals surface area contributed by atoms with Crippen molar-refractivity contribution in [1.29, 1.82) is 0 Å². The van der Waals surface area contributed by atoms with Crippen molar-refractivity contribution in [2.45, 2.75) is 55.8 Å². The first-order valence-electron chi connectivity index (χ1n) is 14.2. The Bertz CT molecular complexity index is 1380. The summed E-state index contributed by atoms with van der Waals surface area (Å²) in [6.45, 7) is 0. The lowest BCUT2D eigenvalue weighted by Gasteiger charge is -2.44. The standard InChI is InChI=1S/C36H36O4/c37-31-9-1-27(2-10-31)35(28-3-11-32(38)12-4-28)21-17-25(18-22-35)26-19-23-36(24-20-26,29-5-13-33(39)14-6-29)30-7-15-34(40)16-8-30/h1-17,26,37-40H,18-24H2. The van der Waals surface area contributed by atoms with E-state index in [4.69, 9.17) is 0 Å². The maximum absolute atomic E-state index is 9.93. The van der Waals surface area contributed by atoms with Crippen LogP contribution in [0.1, 0.15) is 67.2 Å². The van der Waals surface area contributed by atoms with E-state index in [-0.39, 0.29) is 33.8 Å². The molecule has 0 aliphatic heterocycles. The molecule has 0 spiro atoms. The van der Waals surface area contributed by atoms with Gasteiger partial charge in [-0.05, 0) is 122 Å².